The van der Waals surface area contributed by atoms with Crippen molar-refractivity contribution in [3.8, 4) is 17.2 Å². The summed E-state index contributed by atoms with van der Waals surface area (Å²) in [5.74, 6) is 2.31. The third-order valence-corrected chi connectivity index (χ3v) is 3.87. The van der Waals surface area contributed by atoms with Crippen molar-refractivity contribution in [1.29, 1.82) is 0 Å². The van der Waals surface area contributed by atoms with Gasteiger partial charge in [0.15, 0.2) is 11.5 Å². The highest BCUT2D eigenvalue weighted by Crippen LogP contribution is 2.35. The monoisotopic (exact) mass is 285 g/mol. The molecule has 2 aromatic rings. The molecule has 0 saturated heterocycles. The Kier molecular flexibility index (Phi) is 3.71. The van der Waals surface area contributed by atoms with E-state index in [2.05, 4.69) is 6.07 Å². The molecule has 1 heterocycles. The largest absolute Gasteiger partial charge is 0.493 e. The summed E-state index contributed by atoms with van der Waals surface area (Å²) in [7, 11) is 3.24. The first-order valence-corrected chi connectivity index (χ1v) is 6.95. The lowest BCUT2D eigenvalue weighted by atomic mass is 9.98. The zero-order chi connectivity index (χ0) is 14.8. The second-order valence-electron chi connectivity index (χ2n) is 5.11. The average Bonchev–Trinajstić information content (AvgIpc) is 2.97. The Bertz CT molecular complexity index is 617. The topological polar surface area (TPSA) is 53.7 Å². The summed E-state index contributed by atoms with van der Waals surface area (Å²) in [4.78, 5) is 0. The molecule has 0 amide bonds. The van der Waals surface area contributed by atoms with Crippen LogP contribution in [0, 0.1) is 0 Å². The molecule has 2 unspecified atom stereocenters. The molecule has 0 fully saturated rings. The third-order valence-electron chi connectivity index (χ3n) is 3.87. The fourth-order valence-electron chi connectivity index (χ4n) is 2.68. The molecule has 110 valence electrons. The van der Waals surface area contributed by atoms with Gasteiger partial charge in [0, 0.05) is 6.42 Å². The van der Waals surface area contributed by atoms with E-state index in [1.165, 1.54) is 5.56 Å². The van der Waals surface area contributed by atoms with Crippen LogP contribution in [-0.4, -0.2) is 20.3 Å². The summed E-state index contributed by atoms with van der Waals surface area (Å²) in [6, 6.07) is 13.6. The number of fused-ring (bicyclic) bond motifs is 1. The van der Waals surface area contributed by atoms with Gasteiger partial charge in [-0.3, -0.25) is 0 Å². The number of hydrogen-bond donors (Lipinski definition) is 1. The molecule has 0 radical (unpaired) electrons. The maximum atomic E-state index is 6.37. The van der Waals surface area contributed by atoms with Gasteiger partial charge in [0.2, 0.25) is 0 Å². The summed E-state index contributed by atoms with van der Waals surface area (Å²) < 4.78 is 16.5. The lowest BCUT2D eigenvalue weighted by Gasteiger charge is -2.20. The van der Waals surface area contributed by atoms with Crippen LogP contribution in [0.2, 0.25) is 0 Å². The van der Waals surface area contributed by atoms with E-state index in [0.717, 1.165) is 17.7 Å². The molecule has 0 spiro atoms. The molecular weight excluding hydrogens is 266 g/mol. The first kappa shape index (κ1) is 13.8. The predicted octanol–water partition coefficient (Wildman–Crippen LogP) is 2.71. The van der Waals surface area contributed by atoms with Gasteiger partial charge < -0.3 is 19.9 Å². The fraction of sp³-hybridized carbons (Fsp3) is 0.294. The molecule has 1 aliphatic heterocycles. The first-order valence-electron chi connectivity index (χ1n) is 6.95. The standard InChI is InChI=1S/C17H19NO3/c1-19-14-8-7-12(10-15(14)20-2)17(18)16-9-11-5-3-4-6-13(11)21-16/h3-8,10,16-17H,9,18H2,1-2H3. The highest BCUT2D eigenvalue weighted by molar-refractivity contribution is 5.45. The first-order chi connectivity index (χ1) is 10.2. The van der Waals surface area contributed by atoms with Crippen LogP contribution < -0.4 is 19.9 Å². The average molecular weight is 285 g/mol. The van der Waals surface area contributed by atoms with Crippen molar-refractivity contribution in [1.82, 2.24) is 0 Å². The van der Waals surface area contributed by atoms with E-state index >= 15 is 0 Å². The Labute approximate surface area is 124 Å². The number of hydrogen-bond acceptors (Lipinski definition) is 4. The summed E-state index contributed by atoms with van der Waals surface area (Å²) in [6.45, 7) is 0. The van der Waals surface area contributed by atoms with Gasteiger partial charge in [0.1, 0.15) is 11.9 Å². The zero-order valence-corrected chi connectivity index (χ0v) is 12.2. The van der Waals surface area contributed by atoms with Crippen molar-refractivity contribution in [2.45, 2.75) is 18.6 Å². The van der Waals surface area contributed by atoms with Crippen molar-refractivity contribution < 1.29 is 14.2 Å². The predicted molar refractivity (Wildman–Crippen MR) is 81.0 cm³/mol. The van der Waals surface area contributed by atoms with Crippen LogP contribution in [0.3, 0.4) is 0 Å². The number of ether oxygens (including phenoxy) is 3. The second kappa shape index (κ2) is 5.66. The van der Waals surface area contributed by atoms with Gasteiger partial charge in [-0.1, -0.05) is 24.3 Å². The van der Waals surface area contributed by atoms with Crippen molar-refractivity contribution in [2.75, 3.05) is 14.2 Å². The Morgan fingerprint density at radius 2 is 1.86 bits per heavy atom. The summed E-state index contributed by atoms with van der Waals surface area (Å²) in [5, 5.41) is 0. The zero-order valence-electron chi connectivity index (χ0n) is 12.2. The molecule has 0 aliphatic carbocycles. The molecule has 2 aromatic carbocycles. The Morgan fingerprint density at radius 3 is 2.57 bits per heavy atom. The van der Waals surface area contributed by atoms with Crippen LogP contribution >= 0.6 is 0 Å². The Morgan fingerprint density at radius 1 is 1.10 bits per heavy atom. The Hall–Kier alpha value is -2.20. The van der Waals surface area contributed by atoms with E-state index in [4.69, 9.17) is 19.9 Å². The summed E-state index contributed by atoms with van der Waals surface area (Å²) >= 11 is 0. The van der Waals surface area contributed by atoms with E-state index in [9.17, 15) is 0 Å². The smallest absolute Gasteiger partial charge is 0.161 e. The molecule has 4 heteroatoms. The van der Waals surface area contributed by atoms with Crippen molar-refractivity contribution >= 4 is 0 Å². The number of para-hydroxylation sites is 1. The molecule has 0 saturated carbocycles. The number of rotatable bonds is 4. The SMILES string of the molecule is COc1ccc(C(N)C2Cc3ccccc3O2)cc1OC. The van der Waals surface area contributed by atoms with Gasteiger partial charge in [0.05, 0.1) is 20.3 Å². The normalized spacial score (nSPS) is 17.8. The van der Waals surface area contributed by atoms with Gasteiger partial charge in [0.25, 0.3) is 0 Å². The molecule has 0 bridgehead atoms. The van der Waals surface area contributed by atoms with E-state index in [0.29, 0.717) is 11.5 Å². The molecule has 3 rings (SSSR count). The van der Waals surface area contributed by atoms with E-state index in [1.807, 2.05) is 36.4 Å². The molecular formula is C17H19NO3. The maximum Gasteiger partial charge on any atom is 0.161 e. The highest BCUT2D eigenvalue weighted by Gasteiger charge is 2.29. The van der Waals surface area contributed by atoms with Crippen molar-refractivity contribution in [2.24, 2.45) is 5.73 Å². The van der Waals surface area contributed by atoms with Crippen LogP contribution in [0.5, 0.6) is 17.2 Å². The number of methoxy groups -OCH3 is 2. The Balaban J connectivity index is 1.82. The van der Waals surface area contributed by atoms with Gasteiger partial charge in [-0.25, -0.2) is 0 Å². The van der Waals surface area contributed by atoms with Gasteiger partial charge in [-0.2, -0.15) is 0 Å². The lowest BCUT2D eigenvalue weighted by Crippen LogP contribution is -2.30. The maximum absolute atomic E-state index is 6.37. The lowest BCUT2D eigenvalue weighted by molar-refractivity contribution is 0.199. The molecule has 21 heavy (non-hydrogen) atoms. The van der Waals surface area contributed by atoms with Crippen molar-refractivity contribution in [3.63, 3.8) is 0 Å². The van der Waals surface area contributed by atoms with E-state index in [-0.39, 0.29) is 12.1 Å². The molecule has 2 N–H and O–H groups in total. The number of nitrogens with two attached hydrogens (primary N) is 1. The van der Waals surface area contributed by atoms with Gasteiger partial charge in [-0.05, 0) is 29.3 Å². The van der Waals surface area contributed by atoms with Crippen LogP contribution in [0.1, 0.15) is 17.2 Å². The molecule has 2 atom stereocenters. The molecule has 1 aliphatic rings. The van der Waals surface area contributed by atoms with Crippen molar-refractivity contribution in [3.05, 3.63) is 53.6 Å². The van der Waals surface area contributed by atoms with E-state index in [1.54, 1.807) is 14.2 Å². The van der Waals surface area contributed by atoms with Crippen LogP contribution in [0.4, 0.5) is 0 Å². The third kappa shape index (κ3) is 2.54. The second-order valence-corrected chi connectivity index (χ2v) is 5.11. The summed E-state index contributed by atoms with van der Waals surface area (Å²) in [5.41, 5.74) is 8.56. The quantitative estimate of drug-likeness (QED) is 0.938. The van der Waals surface area contributed by atoms with Crippen LogP contribution in [0.25, 0.3) is 0 Å². The minimum atomic E-state index is -0.211. The van der Waals surface area contributed by atoms with Crippen LogP contribution in [0.15, 0.2) is 42.5 Å². The fourth-order valence-corrected chi connectivity index (χ4v) is 2.68. The van der Waals surface area contributed by atoms with E-state index < -0.39 is 0 Å². The molecule has 4 nitrogen and oxygen atoms in total. The van der Waals surface area contributed by atoms with Crippen LogP contribution in [-0.2, 0) is 6.42 Å². The summed E-state index contributed by atoms with van der Waals surface area (Å²) in [6.07, 6.45) is 0.770. The number of benzene rings is 2. The minimum absolute atomic E-state index is 0.0551. The van der Waals surface area contributed by atoms with Gasteiger partial charge >= 0.3 is 0 Å². The highest BCUT2D eigenvalue weighted by atomic mass is 16.5. The minimum Gasteiger partial charge on any atom is -0.493 e. The van der Waals surface area contributed by atoms with Gasteiger partial charge in [-0.15, -0.1) is 0 Å². The molecule has 0 aromatic heterocycles.